The maximum atomic E-state index is 11.7. The molecule has 0 unspecified atom stereocenters. The molecule has 2 aromatic rings. The lowest BCUT2D eigenvalue weighted by atomic mass is 10.1. The van der Waals surface area contributed by atoms with Crippen LogP contribution in [-0.4, -0.2) is 31.6 Å². The van der Waals surface area contributed by atoms with Gasteiger partial charge in [-0.25, -0.2) is 4.79 Å². The molecule has 0 aliphatic carbocycles. The number of rotatable bonds is 8. The van der Waals surface area contributed by atoms with Gasteiger partial charge < -0.3 is 14.8 Å². The molecule has 0 aliphatic heterocycles. The Bertz CT molecular complexity index is 733. The molecule has 0 radical (unpaired) electrons. The molecule has 6 heteroatoms. The van der Waals surface area contributed by atoms with Gasteiger partial charge in [-0.3, -0.25) is 4.79 Å². The van der Waals surface area contributed by atoms with E-state index in [1.807, 2.05) is 31.2 Å². The summed E-state index contributed by atoms with van der Waals surface area (Å²) in [5, 5.41) is 3.23. The van der Waals surface area contributed by atoms with Crippen molar-refractivity contribution in [1.29, 1.82) is 0 Å². The fraction of sp³-hybridized carbons (Fsp3) is 0.263. The Kier molecular flexibility index (Phi) is 7.29. The van der Waals surface area contributed by atoms with Crippen LogP contribution in [-0.2, 0) is 20.7 Å². The zero-order valence-corrected chi connectivity index (χ0v) is 14.7. The van der Waals surface area contributed by atoms with Crippen LogP contribution >= 0.6 is 11.6 Å². The van der Waals surface area contributed by atoms with Crippen molar-refractivity contribution in [3.05, 3.63) is 64.7 Å². The average molecular weight is 362 g/mol. The predicted octanol–water partition coefficient (Wildman–Crippen LogP) is 2.93. The summed E-state index contributed by atoms with van der Waals surface area (Å²) in [5.41, 5.74) is 2.36. The third-order valence-corrected chi connectivity index (χ3v) is 3.73. The summed E-state index contributed by atoms with van der Waals surface area (Å²) in [6.45, 7) is 1.90. The van der Waals surface area contributed by atoms with Gasteiger partial charge in [-0.15, -0.1) is 0 Å². The Morgan fingerprint density at radius 3 is 2.64 bits per heavy atom. The highest BCUT2D eigenvalue weighted by Crippen LogP contribution is 2.16. The van der Waals surface area contributed by atoms with Crippen LogP contribution < -0.4 is 10.1 Å². The molecule has 0 heterocycles. The average Bonchev–Trinajstić information content (AvgIpc) is 2.60. The van der Waals surface area contributed by atoms with E-state index in [4.69, 9.17) is 21.1 Å². The Labute approximate surface area is 151 Å². The summed E-state index contributed by atoms with van der Waals surface area (Å²) >= 11 is 5.82. The van der Waals surface area contributed by atoms with Gasteiger partial charge in [0.1, 0.15) is 5.75 Å². The zero-order chi connectivity index (χ0) is 18.1. The van der Waals surface area contributed by atoms with Crippen molar-refractivity contribution < 1.29 is 19.1 Å². The van der Waals surface area contributed by atoms with Crippen molar-refractivity contribution in [3.8, 4) is 5.75 Å². The summed E-state index contributed by atoms with van der Waals surface area (Å²) < 4.78 is 10.1. The first kappa shape index (κ1) is 18.8. The molecule has 132 valence electrons. The van der Waals surface area contributed by atoms with Gasteiger partial charge in [0.2, 0.25) is 0 Å². The van der Waals surface area contributed by atoms with Crippen LogP contribution in [0.1, 0.15) is 11.1 Å². The third kappa shape index (κ3) is 6.85. The molecule has 0 aromatic heterocycles. The number of hydrogen-bond acceptors (Lipinski definition) is 4. The SMILES string of the molecule is Cc1ccccc1CCNC(=O)COC(=O)COc1cccc(Cl)c1. The van der Waals surface area contributed by atoms with E-state index in [9.17, 15) is 9.59 Å². The molecule has 1 amide bonds. The Hall–Kier alpha value is -2.53. The molecule has 5 nitrogen and oxygen atoms in total. The minimum Gasteiger partial charge on any atom is -0.482 e. The Morgan fingerprint density at radius 1 is 1.08 bits per heavy atom. The lowest BCUT2D eigenvalue weighted by molar-refractivity contribution is -0.150. The normalized spacial score (nSPS) is 10.2. The van der Waals surface area contributed by atoms with Gasteiger partial charge >= 0.3 is 5.97 Å². The summed E-state index contributed by atoms with van der Waals surface area (Å²) in [6, 6.07) is 14.7. The molecular formula is C19H20ClNO4. The van der Waals surface area contributed by atoms with Gasteiger partial charge in [0, 0.05) is 11.6 Å². The van der Waals surface area contributed by atoms with Crippen LogP contribution in [0.2, 0.25) is 5.02 Å². The fourth-order valence-electron chi connectivity index (χ4n) is 2.16. The van der Waals surface area contributed by atoms with Crippen molar-refractivity contribution in [2.75, 3.05) is 19.8 Å². The predicted molar refractivity (Wildman–Crippen MR) is 95.8 cm³/mol. The highest BCUT2D eigenvalue weighted by atomic mass is 35.5. The number of halogens is 1. The lowest BCUT2D eigenvalue weighted by Crippen LogP contribution is -2.31. The van der Waals surface area contributed by atoms with Crippen molar-refractivity contribution in [2.45, 2.75) is 13.3 Å². The molecule has 0 aliphatic rings. The monoisotopic (exact) mass is 361 g/mol. The molecule has 0 bridgehead atoms. The minimum atomic E-state index is -0.617. The molecule has 0 fully saturated rings. The number of benzene rings is 2. The zero-order valence-electron chi connectivity index (χ0n) is 14.0. The van der Waals surface area contributed by atoms with Crippen LogP contribution in [0.4, 0.5) is 0 Å². The summed E-state index contributed by atoms with van der Waals surface area (Å²) in [6.07, 6.45) is 0.726. The second-order valence-corrected chi connectivity index (χ2v) is 5.87. The lowest BCUT2D eigenvalue weighted by Gasteiger charge is -2.09. The van der Waals surface area contributed by atoms with Crippen LogP contribution in [0.3, 0.4) is 0 Å². The Balaban J connectivity index is 1.62. The van der Waals surface area contributed by atoms with Gasteiger partial charge in [0.05, 0.1) is 0 Å². The van der Waals surface area contributed by atoms with Crippen LogP contribution in [0, 0.1) is 6.92 Å². The van der Waals surface area contributed by atoms with E-state index < -0.39 is 5.97 Å². The van der Waals surface area contributed by atoms with Gasteiger partial charge in [-0.05, 0) is 42.7 Å². The second kappa shape index (κ2) is 9.69. The maximum absolute atomic E-state index is 11.7. The molecular weight excluding hydrogens is 342 g/mol. The smallest absolute Gasteiger partial charge is 0.344 e. The van der Waals surface area contributed by atoms with E-state index in [1.165, 1.54) is 11.1 Å². The fourth-order valence-corrected chi connectivity index (χ4v) is 2.35. The van der Waals surface area contributed by atoms with E-state index in [-0.39, 0.29) is 19.1 Å². The standard InChI is InChI=1S/C19H20ClNO4/c1-14-5-2-3-6-15(14)9-10-21-18(22)12-25-19(23)13-24-17-8-4-7-16(20)11-17/h2-8,11H,9-10,12-13H2,1H3,(H,21,22). The largest absolute Gasteiger partial charge is 0.482 e. The van der Waals surface area contributed by atoms with E-state index in [2.05, 4.69) is 5.32 Å². The topological polar surface area (TPSA) is 64.6 Å². The Morgan fingerprint density at radius 2 is 1.88 bits per heavy atom. The number of aryl methyl sites for hydroxylation is 1. The third-order valence-electron chi connectivity index (χ3n) is 3.49. The number of nitrogens with one attached hydrogen (secondary N) is 1. The number of esters is 1. The van der Waals surface area contributed by atoms with E-state index in [1.54, 1.807) is 24.3 Å². The first-order valence-electron chi connectivity index (χ1n) is 7.90. The van der Waals surface area contributed by atoms with Crippen molar-refractivity contribution >= 4 is 23.5 Å². The summed E-state index contributed by atoms with van der Waals surface area (Å²) in [5.74, 6) is -0.495. The van der Waals surface area contributed by atoms with Crippen LogP contribution in [0.5, 0.6) is 5.75 Å². The highest BCUT2D eigenvalue weighted by molar-refractivity contribution is 6.30. The molecule has 2 rings (SSSR count). The molecule has 2 aromatic carbocycles. The molecule has 0 saturated carbocycles. The van der Waals surface area contributed by atoms with Gasteiger partial charge in [-0.1, -0.05) is 41.9 Å². The molecule has 0 spiro atoms. The van der Waals surface area contributed by atoms with E-state index in [0.29, 0.717) is 17.3 Å². The summed E-state index contributed by atoms with van der Waals surface area (Å²) in [7, 11) is 0. The second-order valence-electron chi connectivity index (χ2n) is 5.43. The molecule has 0 atom stereocenters. The highest BCUT2D eigenvalue weighted by Gasteiger charge is 2.08. The van der Waals surface area contributed by atoms with Crippen LogP contribution in [0.25, 0.3) is 0 Å². The van der Waals surface area contributed by atoms with E-state index >= 15 is 0 Å². The first-order chi connectivity index (χ1) is 12.0. The molecule has 1 N–H and O–H groups in total. The van der Waals surface area contributed by atoms with Crippen molar-refractivity contribution in [3.63, 3.8) is 0 Å². The van der Waals surface area contributed by atoms with Crippen LogP contribution in [0.15, 0.2) is 48.5 Å². The van der Waals surface area contributed by atoms with Crippen molar-refractivity contribution in [1.82, 2.24) is 5.32 Å². The van der Waals surface area contributed by atoms with Gasteiger partial charge in [-0.2, -0.15) is 0 Å². The molecule has 0 saturated heterocycles. The van der Waals surface area contributed by atoms with Gasteiger partial charge in [0.15, 0.2) is 13.2 Å². The number of carbonyl (C=O) groups excluding carboxylic acids is 2. The van der Waals surface area contributed by atoms with Gasteiger partial charge in [0.25, 0.3) is 5.91 Å². The minimum absolute atomic E-state index is 0.281. The number of ether oxygens (including phenoxy) is 2. The quantitative estimate of drug-likeness (QED) is 0.734. The number of hydrogen-bond donors (Lipinski definition) is 1. The maximum Gasteiger partial charge on any atom is 0.344 e. The van der Waals surface area contributed by atoms with Crippen molar-refractivity contribution in [2.24, 2.45) is 0 Å². The van der Waals surface area contributed by atoms with E-state index in [0.717, 1.165) is 6.42 Å². The molecule has 25 heavy (non-hydrogen) atoms. The first-order valence-corrected chi connectivity index (χ1v) is 8.27. The number of carbonyl (C=O) groups is 2. The number of amides is 1. The summed E-state index contributed by atoms with van der Waals surface area (Å²) in [4.78, 5) is 23.3.